The molecule has 1 saturated heterocycles. The zero-order valence-electron chi connectivity index (χ0n) is 22.6. The maximum Gasteiger partial charge on any atom is 0.389 e. The molecule has 40 heavy (non-hydrogen) atoms. The first-order valence-corrected chi connectivity index (χ1v) is 13.3. The van der Waals surface area contributed by atoms with Gasteiger partial charge in [0.2, 0.25) is 0 Å². The lowest BCUT2D eigenvalue weighted by Gasteiger charge is -2.38. The Balaban J connectivity index is 1.99. The van der Waals surface area contributed by atoms with Crippen LogP contribution in [-0.2, 0) is 9.53 Å². The fourth-order valence-electron chi connectivity index (χ4n) is 4.84. The molecule has 0 aromatic heterocycles. The lowest BCUT2D eigenvalue weighted by Crippen LogP contribution is -2.42. The third kappa shape index (κ3) is 9.45. The van der Waals surface area contributed by atoms with Crippen molar-refractivity contribution in [3.63, 3.8) is 0 Å². The number of alkyl halides is 3. The van der Waals surface area contributed by atoms with E-state index in [2.05, 4.69) is 29.4 Å². The lowest BCUT2D eigenvalue weighted by atomic mass is 9.90. The minimum Gasteiger partial charge on any atom is -0.481 e. The summed E-state index contributed by atoms with van der Waals surface area (Å²) in [6.45, 7) is 6.01. The zero-order chi connectivity index (χ0) is 29.3. The smallest absolute Gasteiger partial charge is 0.389 e. The molecule has 2 aromatic carbocycles. The molecular weight excluding hydrogens is 525 g/mol. The first-order valence-electron chi connectivity index (χ1n) is 13.3. The molecule has 1 fully saturated rings. The number of carboxylic acids is 1. The number of nitrogens with zero attached hydrogens (tertiary/aromatic N) is 2. The maximum atomic E-state index is 13.1. The van der Waals surface area contributed by atoms with Crippen LogP contribution in [0.2, 0.25) is 0 Å². The number of anilines is 3. The number of urea groups is 1. The first kappa shape index (κ1) is 30.8. The van der Waals surface area contributed by atoms with E-state index in [4.69, 9.17) is 10.00 Å². The van der Waals surface area contributed by atoms with Gasteiger partial charge in [-0.1, -0.05) is 19.9 Å². The summed E-state index contributed by atoms with van der Waals surface area (Å²) in [5, 5.41) is 24.0. The SMILES string of the molecule is CC(C)CN(c1ccc(C(CCC(F)(F)F)CC(=O)O)cc1NC(=O)Nc1ccc(C#N)cc1)C1CCOCC1. The molecule has 1 aliphatic rings. The number of benzene rings is 2. The van der Waals surface area contributed by atoms with Crippen LogP contribution in [0.25, 0.3) is 0 Å². The fraction of sp³-hybridized carbons (Fsp3) is 0.483. The van der Waals surface area contributed by atoms with Crippen LogP contribution in [-0.4, -0.2) is 49.1 Å². The van der Waals surface area contributed by atoms with Gasteiger partial charge in [0.15, 0.2) is 0 Å². The van der Waals surface area contributed by atoms with E-state index in [0.29, 0.717) is 47.9 Å². The minimum atomic E-state index is -4.42. The molecule has 0 spiro atoms. The summed E-state index contributed by atoms with van der Waals surface area (Å²) in [6, 6.07) is 12.9. The van der Waals surface area contributed by atoms with Gasteiger partial charge in [-0.3, -0.25) is 4.79 Å². The lowest BCUT2D eigenvalue weighted by molar-refractivity contribution is -0.142. The predicted octanol–water partition coefficient (Wildman–Crippen LogP) is 6.74. The molecule has 3 rings (SSSR count). The molecule has 0 saturated carbocycles. The van der Waals surface area contributed by atoms with Crippen molar-refractivity contribution in [3.8, 4) is 6.07 Å². The highest BCUT2D eigenvalue weighted by atomic mass is 19.4. The van der Waals surface area contributed by atoms with Crippen LogP contribution in [0, 0.1) is 17.2 Å². The van der Waals surface area contributed by atoms with Gasteiger partial charge in [-0.25, -0.2) is 4.79 Å². The molecule has 2 amide bonds. The van der Waals surface area contributed by atoms with Crippen LogP contribution in [0.5, 0.6) is 0 Å². The van der Waals surface area contributed by atoms with Crippen LogP contribution in [0.4, 0.5) is 35.0 Å². The Bertz CT molecular complexity index is 1190. The van der Waals surface area contributed by atoms with Gasteiger partial charge in [0.25, 0.3) is 0 Å². The van der Waals surface area contributed by atoms with E-state index < -0.39 is 36.9 Å². The Hall–Kier alpha value is -3.78. The van der Waals surface area contributed by atoms with E-state index in [0.717, 1.165) is 12.8 Å². The molecule has 1 heterocycles. The van der Waals surface area contributed by atoms with Crippen molar-refractivity contribution < 1.29 is 32.6 Å². The van der Waals surface area contributed by atoms with Gasteiger partial charge in [-0.2, -0.15) is 18.4 Å². The van der Waals surface area contributed by atoms with Crippen molar-refractivity contribution in [3.05, 3.63) is 53.6 Å². The standard InChI is InChI=1S/C29H35F3N4O4/c1-19(2)18-36(24-10-13-40-14-11-24)26-8-5-21(22(16-27(37)38)9-12-29(30,31)32)15-25(26)35-28(39)34-23-6-3-20(17-33)4-7-23/h3-8,15,19,22,24H,9-14,16,18H2,1-2H3,(H,37,38)(H2,34,35,39). The summed E-state index contributed by atoms with van der Waals surface area (Å²) < 4.78 is 44.6. The Morgan fingerprint density at radius 1 is 1.12 bits per heavy atom. The molecule has 216 valence electrons. The first-order chi connectivity index (χ1) is 18.9. The third-order valence-corrected chi connectivity index (χ3v) is 6.71. The molecule has 2 aromatic rings. The van der Waals surface area contributed by atoms with Gasteiger partial charge >= 0.3 is 18.2 Å². The Morgan fingerprint density at radius 2 is 1.80 bits per heavy atom. The summed E-state index contributed by atoms with van der Waals surface area (Å²) in [7, 11) is 0. The molecule has 0 bridgehead atoms. The number of hydrogen-bond donors (Lipinski definition) is 3. The number of carbonyl (C=O) groups is 2. The van der Waals surface area contributed by atoms with Crippen LogP contribution >= 0.6 is 0 Å². The molecule has 0 aliphatic carbocycles. The number of carboxylic acid groups (broad SMARTS) is 1. The van der Waals surface area contributed by atoms with Gasteiger partial charge < -0.3 is 25.4 Å². The van der Waals surface area contributed by atoms with Gasteiger partial charge in [-0.15, -0.1) is 0 Å². The Morgan fingerprint density at radius 3 is 2.38 bits per heavy atom. The van der Waals surface area contributed by atoms with Gasteiger partial charge in [-0.05, 0) is 73.1 Å². The maximum absolute atomic E-state index is 13.1. The van der Waals surface area contributed by atoms with Crippen molar-refractivity contribution in [1.82, 2.24) is 0 Å². The average Bonchev–Trinajstić information content (AvgIpc) is 2.90. The number of rotatable bonds is 11. The van der Waals surface area contributed by atoms with Crippen molar-refractivity contribution in [1.29, 1.82) is 5.26 Å². The second kappa shape index (κ2) is 14.0. The number of ether oxygens (including phenoxy) is 1. The summed E-state index contributed by atoms with van der Waals surface area (Å²) >= 11 is 0. The topological polar surface area (TPSA) is 115 Å². The van der Waals surface area contributed by atoms with E-state index in [-0.39, 0.29) is 18.4 Å². The normalized spacial score (nSPS) is 14.8. The van der Waals surface area contributed by atoms with Crippen molar-refractivity contribution in [2.45, 2.75) is 64.1 Å². The number of nitriles is 1. The minimum absolute atomic E-state index is 0.129. The number of halogens is 3. The summed E-state index contributed by atoms with van der Waals surface area (Å²) in [6.07, 6.45) is -4.84. The molecular formula is C29H35F3N4O4. The van der Waals surface area contributed by atoms with E-state index in [9.17, 15) is 27.9 Å². The summed E-state index contributed by atoms with van der Waals surface area (Å²) in [5.41, 5.74) is 2.36. The monoisotopic (exact) mass is 560 g/mol. The van der Waals surface area contributed by atoms with Crippen molar-refractivity contribution >= 4 is 29.1 Å². The van der Waals surface area contributed by atoms with Crippen LogP contribution < -0.4 is 15.5 Å². The van der Waals surface area contributed by atoms with E-state index in [1.165, 1.54) is 0 Å². The third-order valence-electron chi connectivity index (χ3n) is 6.71. The van der Waals surface area contributed by atoms with Crippen LogP contribution in [0.15, 0.2) is 42.5 Å². The Labute approximate surface area is 232 Å². The van der Waals surface area contributed by atoms with E-state index in [1.54, 1.807) is 42.5 Å². The highest BCUT2D eigenvalue weighted by Crippen LogP contribution is 2.37. The van der Waals surface area contributed by atoms with Crippen LogP contribution in [0.3, 0.4) is 0 Å². The predicted molar refractivity (Wildman–Crippen MR) is 147 cm³/mol. The molecule has 1 unspecified atom stereocenters. The molecule has 3 N–H and O–H groups in total. The average molecular weight is 561 g/mol. The molecule has 1 atom stereocenters. The number of hydrogen-bond acceptors (Lipinski definition) is 5. The molecule has 8 nitrogen and oxygen atoms in total. The highest BCUT2D eigenvalue weighted by Gasteiger charge is 2.31. The van der Waals surface area contributed by atoms with E-state index >= 15 is 0 Å². The number of amides is 2. The van der Waals surface area contributed by atoms with Crippen molar-refractivity contribution in [2.75, 3.05) is 35.3 Å². The summed E-state index contributed by atoms with van der Waals surface area (Å²) in [4.78, 5) is 26.8. The molecule has 1 aliphatic heterocycles. The molecule has 11 heteroatoms. The number of aliphatic carboxylic acids is 1. The number of carbonyl (C=O) groups excluding carboxylic acids is 1. The molecule has 0 radical (unpaired) electrons. The Kier molecular flexibility index (Phi) is 10.8. The van der Waals surface area contributed by atoms with E-state index in [1.807, 2.05) is 6.07 Å². The van der Waals surface area contributed by atoms with Gasteiger partial charge in [0, 0.05) is 37.9 Å². The second-order valence-corrected chi connectivity index (χ2v) is 10.4. The van der Waals surface area contributed by atoms with Gasteiger partial charge in [0.1, 0.15) is 0 Å². The highest BCUT2D eigenvalue weighted by molar-refractivity contribution is 6.02. The largest absolute Gasteiger partial charge is 0.481 e. The van der Waals surface area contributed by atoms with Gasteiger partial charge in [0.05, 0.1) is 29.4 Å². The van der Waals surface area contributed by atoms with Crippen LogP contribution in [0.1, 0.15) is 63.0 Å². The van der Waals surface area contributed by atoms with Crippen molar-refractivity contribution in [2.24, 2.45) is 5.92 Å². The number of nitrogens with one attached hydrogen (secondary N) is 2. The zero-order valence-corrected chi connectivity index (χ0v) is 22.6. The quantitative estimate of drug-likeness (QED) is 0.280. The summed E-state index contributed by atoms with van der Waals surface area (Å²) in [5.74, 6) is -1.82. The fourth-order valence-corrected chi connectivity index (χ4v) is 4.84. The second-order valence-electron chi connectivity index (χ2n) is 10.4.